The molecule has 0 aromatic heterocycles. The van der Waals surface area contributed by atoms with Gasteiger partial charge in [-0.25, -0.2) is 4.39 Å². The summed E-state index contributed by atoms with van der Waals surface area (Å²) in [6.45, 7) is 2.12. The van der Waals surface area contributed by atoms with E-state index in [1.807, 2.05) is 6.07 Å². The van der Waals surface area contributed by atoms with E-state index in [4.69, 9.17) is 5.73 Å². The molecule has 0 spiro atoms. The van der Waals surface area contributed by atoms with E-state index in [9.17, 15) is 4.39 Å². The Morgan fingerprint density at radius 2 is 1.89 bits per heavy atom. The highest BCUT2D eigenvalue weighted by atomic mass is 19.1. The van der Waals surface area contributed by atoms with Gasteiger partial charge in [0, 0.05) is 5.54 Å². The number of nitrogens with two attached hydrogens (primary N) is 1. The van der Waals surface area contributed by atoms with Crippen LogP contribution >= 0.6 is 0 Å². The summed E-state index contributed by atoms with van der Waals surface area (Å²) in [4.78, 5) is 0. The molecule has 2 N–H and O–H groups in total. The van der Waals surface area contributed by atoms with Crippen molar-refractivity contribution in [1.29, 1.82) is 0 Å². The van der Waals surface area contributed by atoms with Crippen LogP contribution in [0.4, 0.5) is 4.39 Å². The molecule has 0 aliphatic heterocycles. The lowest BCUT2D eigenvalue weighted by atomic mass is 9.73. The summed E-state index contributed by atoms with van der Waals surface area (Å²) in [6, 6.07) is 6.87. The minimum absolute atomic E-state index is 0.176. The second-order valence-electron chi connectivity index (χ2n) is 5.59. The van der Waals surface area contributed by atoms with Crippen molar-refractivity contribution in [1.82, 2.24) is 0 Å². The smallest absolute Gasteiger partial charge is 0.123 e. The Hall–Kier alpha value is -0.890. The van der Waals surface area contributed by atoms with Gasteiger partial charge in [0.25, 0.3) is 0 Å². The molecule has 0 saturated heterocycles. The molecule has 1 atom stereocenters. The Morgan fingerprint density at radius 1 is 1.22 bits per heavy atom. The van der Waals surface area contributed by atoms with Crippen molar-refractivity contribution < 1.29 is 4.39 Å². The second kappa shape index (κ2) is 5.83. The van der Waals surface area contributed by atoms with Gasteiger partial charge in [-0.15, -0.1) is 0 Å². The number of hydrogen-bond donors (Lipinski definition) is 1. The third kappa shape index (κ3) is 2.74. The topological polar surface area (TPSA) is 26.0 Å². The van der Waals surface area contributed by atoms with Crippen LogP contribution in [0.1, 0.15) is 57.4 Å². The van der Waals surface area contributed by atoms with Gasteiger partial charge in [0.05, 0.1) is 0 Å². The molecule has 1 fully saturated rings. The first kappa shape index (κ1) is 13.5. The highest BCUT2D eigenvalue weighted by Crippen LogP contribution is 2.39. The van der Waals surface area contributed by atoms with E-state index in [2.05, 4.69) is 6.92 Å². The fraction of sp³-hybridized carbons (Fsp3) is 0.625. The Kier molecular flexibility index (Phi) is 4.39. The highest BCUT2D eigenvalue weighted by Gasteiger charge is 2.35. The van der Waals surface area contributed by atoms with Crippen LogP contribution in [0.25, 0.3) is 0 Å². The van der Waals surface area contributed by atoms with E-state index in [0.29, 0.717) is 5.92 Å². The van der Waals surface area contributed by atoms with Crippen molar-refractivity contribution in [3.05, 3.63) is 35.6 Å². The number of halogens is 1. The number of benzene rings is 1. The van der Waals surface area contributed by atoms with Crippen molar-refractivity contribution in [2.45, 2.75) is 57.4 Å². The normalized spacial score (nSPS) is 21.3. The average molecular weight is 249 g/mol. The summed E-state index contributed by atoms with van der Waals surface area (Å²) >= 11 is 0. The molecule has 1 nitrogen and oxygen atoms in total. The summed E-state index contributed by atoms with van der Waals surface area (Å²) in [5.74, 6) is 0.316. The quantitative estimate of drug-likeness (QED) is 0.791. The third-order valence-electron chi connectivity index (χ3n) is 4.53. The molecule has 1 unspecified atom stereocenters. The van der Waals surface area contributed by atoms with E-state index >= 15 is 0 Å². The van der Waals surface area contributed by atoms with Crippen LogP contribution in [0.15, 0.2) is 24.3 Å². The number of rotatable bonds is 3. The molecule has 0 amide bonds. The van der Waals surface area contributed by atoms with Crippen LogP contribution in [0.5, 0.6) is 0 Å². The van der Waals surface area contributed by atoms with E-state index in [0.717, 1.165) is 12.0 Å². The van der Waals surface area contributed by atoms with Crippen LogP contribution in [-0.4, -0.2) is 0 Å². The van der Waals surface area contributed by atoms with Gasteiger partial charge in [-0.3, -0.25) is 0 Å². The van der Waals surface area contributed by atoms with Gasteiger partial charge in [-0.2, -0.15) is 0 Å². The molecule has 2 rings (SSSR count). The minimum atomic E-state index is -0.355. The summed E-state index contributed by atoms with van der Waals surface area (Å²) < 4.78 is 13.4. The molecule has 100 valence electrons. The third-order valence-corrected chi connectivity index (χ3v) is 4.53. The summed E-state index contributed by atoms with van der Waals surface area (Å²) in [7, 11) is 0. The molecule has 1 aliphatic rings. The average Bonchev–Trinajstić information content (AvgIpc) is 2.67. The predicted octanol–water partition coefficient (Wildman–Crippen LogP) is 4.36. The zero-order valence-corrected chi connectivity index (χ0v) is 11.3. The summed E-state index contributed by atoms with van der Waals surface area (Å²) in [5, 5.41) is 0. The Morgan fingerprint density at radius 3 is 2.44 bits per heavy atom. The lowest BCUT2D eigenvalue weighted by molar-refractivity contribution is 0.236. The zero-order valence-electron chi connectivity index (χ0n) is 11.3. The molecule has 0 bridgehead atoms. The van der Waals surface area contributed by atoms with Crippen LogP contribution < -0.4 is 5.73 Å². The zero-order chi connectivity index (χ0) is 13.0. The van der Waals surface area contributed by atoms with Crippen molar-refractivity contribution in [3.8, 4) is 0 Å². The lowest BCUT2D eigenvalue weighted by Gasteiger charge is -2.37. The molecule has 0 heterocycles. The Labute approximate surface area is 110 Å². The van der Waals surface area contributed by atoms with Crippen molar-refractivity contribution in [3.63, 3.8) is 0 Å². The summed E-state index contributed by atoms with van der Waals surface area (Å²) in [5.41, 5.74) is 7.28. The molecule has 0 radical (unpaired) electrons. The molecule has 2 heteroatoms. The Balaban J connectivity index is 2.28. The molecule has 1 aromatic rings. The molecule has 1 aromatic carbocycles. The largest absolute Gasteiger partial charge is 0.321 e. The van der Waals surface area contributed by atoms with Gasteiger partial charge < -0.3 is 5.73 Å². The lowest BCUT2D eigenvalue weighted by Crippen LogP contribution is -2.43. The van der Waals surface area contributed by atoms with E-state index in [1.54, 1.807) is 12.1 Å². The van der Waals surface area contributed by atoms with E-state index < -0.39 is 0 Å². The van der Waals surface area contributed by atoms with Crippen LogP contribution in [0.3, 0.4) is 0 Å². The first-order valence-corrected chi connectivity index (χ1v) is 7.21. The molecule has 1 aliphatic carbocycles. The van der Waals surface area contributed by atoms with Crippen LogP contribution in [0, 0.1) is 11.7 Å². The van der Waals surface area contributed by atoms with Gasteiger partial charge in [0.15, 0.2) is 0 Å². The standard InChI is InChI=1S/C16H24FN/c1-2-16(18,13-8-5-3-4-6-9-13)14-10-7-11-15(17)12-14/h7,10-13H,2-6,8-9,18H2,1H3. The SMILES string of the molecule is CCC(N)(c1cccc(F)c1)C1CCCCCC1. The fourth-order valence-corrected chi connectivity index (χ4v) is 3.30. The highest BCUT2D eigenvalue weighted by molar-refractivity contribution is 5.26. The van der Waals surface area contributed by atoms with Gasteiger partial charge >= 0.3 is 0 Å². The molecule has 18 heavy (non-hydrogen) atoms. The number of hydrogen-bond acceptors (Lipinski definition) is 1. The van der Waals surface area contributed by atoms with Crippen molar-refractivity contribution in [2.75, 3.05) is 0 Å². The van der Waals surface area contributed by atoms with Crippen LogP contribution in [0.2, 0.25) is 0 Å². The Bertz CT molecular complexity index is 382. The van der Waals surface area contributed by atoms with Gasteiger partial charge in [-0.1, -0.05) is 44.7 Å². The van der Waals surface area contributed by atoms with Gasteiger partial charge in [0.2, 0.25) is 0 Å². The predicted molar refractivity (Wildman–Crippen MR) is 73.7 cm³/mol. The maximum absolute atomic E-state index is 13.4. The first-order valence-electron chi connectivity index (χ1n) is 7.21. The molecular formula is C16H24FN. The fourth-order valence-electron chi connectivity index (χ4n) is 3.30. The molecular weight excluding hydrogens is 225 g/mol. The minimum Gasteiger partial charge on any atom is -0.321 e. The van der Waals surface area contributed by atoms with Crippen molar-refractivity contribution in [2.24, 2.45) is 11.7 Å². The molecule has 1 saturated carbocycles. The van der Waals surface area contributed by atoms with E-state index in [-0.39, 0.29) is 11.4 Å². The second-order valence-corrected chi connectivity index (χ2v) is 5.59. The summed E-state index contributed by atoms with van der Waals surface area (Å²) in [6.07, 6.45) is 8.40. The maximum atomic E-state index is 13.4. The van der Waals surface area contributed by atoms with Gasteiger partial charge in [-0.05, 0) is 42.9 Å². The van der Waals surface area contributed by atoms with Gasteiger partial charge in [0.1, 0.15) is 5.82 Å². The monoisotopic (exact) mass is 249 g/mol. The maximum Gasteiger partial charge on any atom is 0.123 e. The van der Waals surface area contributed by atoms with Crippen molar-refractivity contribution >= 4 is 0 Å². The van der Waals surface area contributed by atoms with Crippen LogP contribution in [-0.2, 0) is 5.54 Å². The first-order chi connectivity index (χ1) is 8.66. The van der Waals surface area contributed by atoms with E-state index in [1.165, 1.54) is 44.6 Å².